The number of aryl methyl sites for hydroxylation is 2. The lowest BCUT2D eigenvalue weighted by Crippen LogP contribution is -2.36. The molecule has 13 heteroatoms. The molecule has 2 aromatic rings. The zero-order valence-electron chi connectivity index (χ0n) is 21.6. The second-order valence-electron chi connectivity index (χ2n) is 9.08. The summed E-state index contributed by atoms with van der Waals surface area (Å²) in [4.78, 5) is 22.0. The zero-order valence-corrected chi connectivity index (χ0v) is 22.4. The van der Waals surface area contributed by atoms with Crippen LogP contribution in [0, 0.1) is 19.7 Å². The molecule has 1 heterocycles. The quantitative estimate of drug-likeness (QED) is 0.223. The van der Waals surface area contributed by atoms with Crippen LogP contribution in [0.2, 0.25) is 0 Å². The number of halogens is 4. The van der Waals surface area contributed by atoms with Gasteiger partial charge in [0.15, 0.2) is 0 Å². The Kier molecular flexibility index (Phi) is 12.0. The molecule has 1 aliphatic heterocycles. The first kappa shape index (κ1) is 32.7. The summed E-state index contributed by atoms with van der Waals surface area (Å²) in [6.45, 7) is 9.16. The van der Waals surface area contributed by atoms with Gasteiger partial charge in [-0.1, -0.05) is 35.9 Å². The van der Waals surface area contributed by atoms with Gasteiger partial charge in [0.2, 0.25) is 0 Å². The molecule has 0 saturated carbocycles. The average Bonchev–Trinajstić information content (AvgIpc) is 3.20. The topological polar surface area (TPSA) is 108 Å². The average molecular weight is 566 g/mol. The summed E-state index contributed by atoms with van der Waals surface area (Å²) in [5.74, 6) is -0.698. The Morgan fingerprint density at radius 2 is 1.63 bits per heavy atom. The van der Waals surface area contributed by atoms with E-state index in [0.29, 0.717) is 24.9 Å². The molecule has 3 rings (SSSR count). The van der Waals surface area contributed by atoms with E-state index in [9.17, 15) is 35.6 Å². The van der Waals surface area contributed by atoms with Crippen molar-refractivity contribution in [2.75, 3.05) is 6.54 Å². The SMILES string of the molecule is CC(C)(C)OC(=O)NC[C@@H]1CCC(=O)O1.Cc1ccc(OS(=O)(=O)C(F)(F)F)cc1.Cc1ccccc1F. The fraction of sp³-hybridized carbons (Fsp3) is 0.440. The highest BCUT2D eigenvalue weighted by atomic mass is 32.2. The maximum absolute atomic E-state index is 12.3. The molecule has 0 unspecified atom stereocenters. The van der Waals surface area contributed by atoms with Crippen molar-refractivity contribution < 1.29 is 49.2 Å². The highest BCUT2D eigenvalue weighted by Crippen LogP contribution is 2.26. The number of amides is 1. The van der Waals surface area contributed by atoms with E-state index in [-0.39, 0.29) is 23.6 Å². The van der Waals surface area contributed by atoms with Crippen molar-refractivity contribution in [2.45, 2.75) is 64.7 Å². The lowest BCUT2D eigenvalue weighted by Gasteiger charge is -2.20. The van der Waals surface area contributed by atoms with E-state index in [1.54, 1.807) is 46.8 Å². The molecule has 0 aromatic heterocycles. The van der Waals surface area contributed by atoms with Crippen molar-refractivity contribution >= 4 is 22.2 Å². The monoisotopic (exact) mass is 565 g/mol. The third-order valence-electron chi connectivity index (χ3n) is 4.43. The van der Waals surface area contributed by atoms with Crippen molar-refractivity contribution in [1.82, 2.24) is 5.32 Å². The Balaban J connectivity index is 0.000000298. The first-order chi connectivity index (χ1) is 17.4. The van der Waals surface area contributed by atoms with E-state index < -0.39 is 27.3 Å². The molecule has 1 atom stereocenters. The molecule has 1 saturated heterocycles. The van der Waals surface area contributed by atoms with Gasteiger partial charge >= 0.3 is 27.7 Å². The number of hydrogen-bond donors (Lipinski definition) is 1. The third kappa shape index (κ3) is 12.7. The summed E-state index contributed by atoms with van der Waals surface area (Å²) in [7, 11) is -5.56. The molecule has 212 valence electrons. The van der Waals surface area contributed by atoms with Gasteiger partial charge in [-0.2, -0.15) is 21.6 Å². The minimum absolute atomic E-state index is 0.132. The van der Waals surface area contributed by atoms with E-state index >= 15 is 0 Å². The second kappa shape index (κ2) is 14.0. The number of rotatable bonds is 4. The van der Waals surface area contributed by atoms with E-state index in [1.807, 2.05) is 6.07 Å². The molecule has 1 amide bonds. The lowest BCUT2D eigenvalue weighted by molar-refractivity contribution is -0.141. The lowest BCUT2D eigenvalue weighted by atomic mass is 10.2. The largest absolute Gasteiger partial charge is 0.534 e. The second-order valence-corrected chi connectivity index (χ2v) is 10.6. The summed E-state index contributed by atoms with van der Waals surface area (Å²) < 4.78 is 82.9. The highest BCUT2D eigenvalue weighted by molar-refractivity contribution is 7.88. The van der Waals surface area contributed by atoms with Crippen LogP contribution in [0.15, 0.2) is 48.5 Å². The number of hydrogen-bond acceptors (Lipinski definition) is 7. The fourth-order valence-electron chi connectivity index (χ4n) is 2.56. The Labute approximate surface area is 219 Å². The van der Waals surface area contributed by atoms with Crippen LogP contribution in [0.5, 0.6) is 5.75 Å². The first-order valence-electron chi connectivity index (χ1n) is 11.3. The molecule has 1 fully saturated rings. The Hall–Kier alpha value is -3.35. The van der Waals surface area contributed by atoms with Crippen LogP contribution in [0.3, 0.4) is 0 Å². The predicted molar refractivity (Wildman–Crippen MR) is 131 cm³/mol. The summed E-state index contributed by atoms with van der Waals surface area (Å²) in [5.41, 5.74) is -4.42. The standard InChI is InChI=1S/C10H17NO4.C8H7F3O3S.C7H7F/c1-10(2,3)15-9(13)11-6-7-4-5-8(12)14-7;1-6-2-4-7(5-3-6)14-15(12,13)8(9,10)11;1-6-4-2-3-5-7(6)8/h7H,4-6H2,1-3H3,(H,11,13);2-5H,1H3;2-5H,1H3/t7-;;/m0../s1. The number of alkyl halides is 3. The third-order valence-corrected chi connectivity index (χ3v) is 5.41. The van der Waals surface area contributed by atoms with Crippen LogP contribution in [0.1, 0.15) is 44.7 Å². The molecule has 1 aliphatic rings. The number of alkyl carbamates (subject to hydrolysis) is 1. The van der Waals surface area contributed by atoms with Crippen LogP contribution in [-0.2, 0) is 24.4 Å². The Bertz CT molecular complexity index is 1140. The van der Waals surface area contributed by atoms with Crippen LogP contribution in [-0.4, -0.2) is 44.2 Å². The van der Waals surface area contributed by atoms with Gasteiger partial charge in [-0.25, -0.2) is 9.18 Å². The van der Waals surface area contributed by atoms with Crippen molar-refractivity contribution in [2.24, 2.45) is 0 Å². The number of benzene rings is 2. The number of ether oxygens (including phenoxy) is 2. The molecule has 0 bridgehead atoms. The van der Waals surface area contributed by atoms with Crippen molar-refractivity contribution in [1.29, 1.82) is 0 Å². The van der Waals surface area contributed by atoms with Gasteiger partial charge in [0.1, 0.15) is 23.3 Å². The van der Waals surface area contributed by atoms with Crippen molar-refractivity contribution in [3.8, 4) is 5.75 Å². The molecule has 8 nitrogen and oxygen atoms in total. The number of carbonyl (C=O) groups is 2. The van der Waals surface area contributed by atoms with Crippen molar-refractivity contribution in [3.05, 3.63) is 65.5 Å². The van der Waals surface area contributed by atoms with Crippen LogP contribution in [0.4, 0.5) is 22.4 Å². The Morgan fingerprint density at radius 1 is 1.05 bits per heavy atom. The van der Waals surface area contributed by atoms with Gasteiger partial charge in [0, 0.05) is 6.42 Å². The summed E-state index contributed by atoms with van der Waals surface area (Å²) in [6, 6.07) is 11.9. The van der Waals surface area contributed by atoms with E-state index in [0.717, 1.165) is 17.7 Å². The molecule has 0 spiro atoms. The summed E-state index contributed by atoms with van der Waals surface area (Å²) in [6.07, 6.45) is 0.408. The van der Waals surface area contributed by atoms with E-state index in [4.69, 9.17) is 9.47 Å². The van der Waals surface area contributed by atoms with Gasteiger partial charge in [0.05, 0.1) is 6.54 Å². The Morgan fingerprint density at radius 3 is 2.05 bits per heavy atom. The highest BCUT2D eigenvalue weighted by Gasteiger charge is 2.48. The molecule has 0 radical (unpaired) electrons. The molecular weight excluding hydrogens is 534 g/mol. The number of esters is 1. The number of cyclic esters (lactones) is 1. The summed E-state index contributed by atoms with van der Waals surface area (Å²) in [5, 5.41) is 2.56. The van der Waals surface area contributed by atoms with Gasteiger partial charge < -0.3 is 19.0 Å². The van der Waals surface area contributed by atoms with Gasteiger partial charge in [-0.3, -0.25) is 4.79 Å². The van der Waals surface area contributed by atoms with E-state index in [1.165, 1.54) is 18.2 Å². The molecule has 38 heavy (non-hydrogen) atoms. The number of carbonyl (C=O) groups excluding carboxylic acids is 2. The molecule has 0 aliphatic carbocycles. The fourth-order valence-corrected chi connectivity index (χ4v) is 3.02. The van der Waals surface area contributed by atoms with Crippen LogP contribution in [0.25, 0.3) is 0 Å². The maximum Gasteiger partial charge on any atom is 0.534 e. The smallest absolute Gasteiger partial charge is 0.460 e. The summed E-state index contributed by atoms with van der Waals surface area (Å²) >= 11 is 0. The van der Waals surface area contributed by atoms with Crippen molar-refractivity contribution in [3.63, 3.8) is 0 Å². The molecular formula is C25H31F4NO7S. The zero-order chi connectivity index (χ0) is 29.1. The molecule has 2 aromatic carbocycles. The van der Waals surface area contributed by atoms with Gasteiger partial charge in [-0.15, -0.1) is 0 Å². The number of nitrogens with one attached hydrogen (secondary N) is 1. The first-order valence-corrected chi connectivity index (χ1v) is 12.8. The normalized spacial score (nSPS) is 15.2. The van der Waals surface area contributed by atoms with Crippen LogP contribution >= 0.6 is 0 Å². The van der Waals surface area contributed by atoms with Gasteiger partial charge in [0.25, 0.3) is 0 Å². The predicted octanol–water partition coefficient (Wildman–Crippen LogP) is 5.57. The van der Waals surface area contributed by atoms with Gasteiger partial charge in [-0.05, 0) is 64.8 Å². The maximum atomic E-state index is 12.3. The minimum atomic E-state index is -5.56. The van der Waals surface area contributed by atoms with E-state index in [2.05, 4.69) is 9.50 Å². The minimum Gasteiger partial charge on any atom is -0.460 e. The van der Waals surface area contributed by atoms with Crippen LogP contribution < -0.4 is 9.50 Å². The molecule has 1 N–H and O–H groups in total.